The zero-order chi connectivity index (χ0) is 18.5. The molecule has 2 amide bonds. The van der Waals surface area contributed by atoms with Crippen LogP contribution in [0.5, 0.6) is 5.75 Å². The minimum absolute atomic E-state index is 0.0920. The van der Waals surface area contributed by atoms with Crippen molar-refractivity contribution in [2.75, 3.05) is 26.7 Å². The van der Waals surface area contributed by atoms with E-state index in [-0.39, 0.29) is 17.7 Å². The average Bonchev–Trinajstić information content (AvgIpc) is 3.27. The van der Waals surface area contributed by atoms with Crippen molar-refractivity contribution in [3.8, 4) is 5.75 Å². The highest BCUT2D eigenvalue weighted by atomic mass is 16.5. The summed E-state index contributed by atoms with van der Waals surface area (Å²) >= 11 is 0. The Morgan fingerprint density at radius 1 is 1.31 bits per heavy atom. The summed E-state index contributed by atoms with van der Waals surface area (Å²) in [5.74, 6) is 0.944. The lowest BCUT2D eigenvalue weighted by Crippen LogP contribution is -2.38. The number of rotatable bonds is 7. The van der Waals surface area contributed by atoms with Crippen LogP contribution >= 0.6 is 0 Å². The van der Waals surface area contributed by atoms with Gasteiger partial charge < -0.3 is 14.5 Å². The number of carbonyl (C=O) groups is 2. The molecule has 0 bridgehead atoms. The molecule has 1 atom stereocenters. The zero-order valence-electron chi connectivity index (χ0n) is 15.9. The first-order valence-electron chi connectivity index (χ1n) is 9.78. The molecule has 0 spiro atoms. The van der Waals surface area contributed by atoms with Gasteiger partial charge in [-0.3, -0.25) is 9.59 Å². The van der Waals surface area contributed by atoms with E-state index in [1.165, 1.54) is 18.4 Å². The number of likely N-dealkylation sites (tertiary alicyclic amines) is 1. The van der Waals surface area contributed by atoms with E-state index in [1.54, 1.807) is 4.90 Å². The normalized spacial score (nSPS) is 20.6. The maximum atomic E-state index is 12.7. The second-order valence-electron chi connectivity index (χ2n) is 7.66. The average molecular weight is 358 g/mol. The molecule has 1 saturated carbocycles. The van der Waals surface area contributed by atoms with Gasteiger partial charge in [-0.25, -0.2) is 0 Å². The fraction of sp³-hybridized carbons (Fsp3) is 0.619. The van der Waals surface area contributed by atoms with Crippen LogP contribution in [0.1, 0.15) is 44.1 Å². The largest absolute Gasteiger partial charge is 0.494 e. The van der Waals surface area contributed by atoms with Crippen molar-refractivity contribution in [3.63, 3.8) is 0 Å². The molecule has 26 heavy (non-hydrogen) atoms. The third kappa shape index (κ3) is 4.57. The summed E-state index contributed by atoms with van der Waals surface area (Å²) in [5, 5.41) is 0. The number of nitrogens with zero attached hydrogens (tertiary/aromatic N) is 2. The second kappa shape index (κ2) is 8.56. The van der Waals surface area contributed by atoms with E-state index in [2.05, 4.69) is 0 Å². The van der Waals surface area contributed by atoms with Crippen molar-refractivity contribution in [2.24, 2.45) is 5.92 Å². The van der Waals surface area contributed by atoms with Gasteiger partial charge in [-0.2, -0.15) is 0 Å². The maximum absolute atomic E-state index is 12.7. The van der Waals surface area contributed by atoms with E-state index in [9.17, 15) is 9.59 Å². The van der Waals surface area contributed by atoms with Crippen molar-refractivity contribution in [3.05, 3.63) is 29.8 Å². The van der Waals surface area contributed by atoms with Gasteiger partial charge in [0, 0.05) is 32.6 Å². The first-order valence-corrected chi connectivity index (χ1v) is 9.78. The van der Waals surface area contributed by atoms with Crippen molar-refractivity contribution < 1.29 is 14.3 Å². The van der Waals surface area contributed by atoms with Crippen LogP contribution in [0.15, 0.2) is 24.3 Å². The lowest BCUT2D eigenvalue weighted by Gasteiger charge is -2.25. The molecule has 3 rings (SSSR count). The van der Waals surface area contributed by atoms with Crippen LogP contribution in [0.25, 0.3) is 0 Å². The van der Waals surface area contributed by atoms with Gasteiger partial charge in [0.25, 0.3) is 0 Å². The predicted octanol–water partition coefficient (Wildman–Crippen LogP) is 3.01. The van der Waals surface area contributed by atoms with Crippen LogP contribution in [0.3, 0.4) is 0 Å². The van der Waals surface area contributed by atoms with Crippen LogP contribution < -0.4 is 4.74 Å². The molecule has 5 heteroatoms. The summed E-state index contributed by atoms with van der Waals surface area (Å²) in [5.41, 5.74) is 1.17. The monoisotopic (exact) mass is 358 g/mol. The number of ether oxygens (including phenoxy) is 1. The van der Waals surface area contributed by atoms with Gasteiger partial charge in [-0.05, 0) is 43.9 Å². The molecule has 1 heterocycles. The number of benzene rings is 1. The Morgan fingerprint density at radius 3 is 2.81 bits per heavy atom. The van der Waals surface area contributed by atoms with E-state index in [0.717, 1.165) is 25.0 Å². The summed E-state index contributed by atoms with van der Waals surface area (Å²) in [6, 6.07) is 8.35. The third-order valence-electron chi connectivity index (χ3n) is 5.55. The molecule has 142 valence electrons. The molecule has 1 saturated heterocycles. The maximum Gasteiger partial charge on any atom is 0.227 e. The molecule has 1 aromatic rings. The highest BCUT2D eigenvalue weighted by Crippen LogP contribution is 2.30. The molecule has 0 N–H and O–H groups in total. The van der Waals surface area contributed by atoms with Gasteiger partial charge in [0.15, 0.2) is 0 Å². The molecule has 1 aliphatic heterocycles. The fourth-order valence-electron chi connectivity index (χ4n) is 4.08. The highest BCUT2D eigenvalue weighted by Gasteiger charge is 2.39. The third-order valence-corrected chi connectivity index (χ3v) is 5.55. The fourth-order valence-corrected chi connectivity index (χ4v) is 4.08. The molecule has 5 nitrogen and oxygen atoms in total. The number of amides is 2. The van der Waals surface area contributed by atoms with Crippen molar-refractivity contribution >= 4 is 11.8 Å². The Morgan fingerprint density at radius 2 is 2.08 bits per heavy atom. The van der Waals surface area contributed by atoms with Gasteiger partial charge >= 0.3 is 0 Å². The molecule has 2 fully saturated rings. The minimum Gasteiger partial charge on any atom is -0.494 e. The number of hydrogen-bond donors (Lipinski definition) is 0. The smallest absolute Gasteiger partial charge is 0.227 e. The van der Waals surface area contributed by atoms with E-state index < -0.39 is 0 Å². The number of carbonyl (C=O) groups excluding carboxylic acids is 2. The van der Waals surface area contributed by atoms with E-state index in [4.69, 9.17) is 4.74 Å². The van der Waals surface area contributed by atoms with Gasteiger partial charge in [-0.1, -0.05) is 25.0 Å². The minimum atomic E-state index is -0.175. The van der Waals surface area contributed by atoms with Crippen molar-refractivity contribution in [2.45, 2.75) is 51.5 Å². The Hall–Kier alpha value is -2.04. The second-order valence-corrected chi connectivity index (χ2v) is 7.66. The van der Waals surface area contributed by atoms with E-state index in [0.29, 0.717) is 32.2 Å². The Bertz CT molecular complexity index is 640. The lowest BCUT2D eigenvalue weighted by atomic mass is 10.1. The first kappa shape index (κ1) is 18.7. The summed E-state index contributed by atoms with van der Waals surface area (Å²) in [6.07, 6.45) is 5.75. The Balaban J connectivity index is 1.41. The van der Waals surface area contributed by atoms with Crippen LogP contribution in [0, 0.1) is 12.8 Å². The predicted molar refractivity (Wildman–Crippen MR) is 101 cm³/mol. The molecule has 0 unspecified atom stereocenters. The van der Waals surface area contributed by atoms with Crippen LogP contribution in [0.4, 0.5) is 0 Å². The highest BCUT2D eigenvalue weighted by molar-refractivity contribution is 5.89. The van der Waals surface area contributed by atoms with E-state index >= 15 is 0 Å². The summed E-state index contributed by atoms with van der Waals surface area (Å²) < 4.78 is 5.74. The molecule has 1 aliphatic carbocycles. The van der Waals surface area contributed by atoms with Crippen LogP contribution in [0.2, 0.25) is 0 Å². The van der Waals surface area contributed by atoms with Gasteiger partial charge in [0.05, 0.1) is 12.5 Å². The van der Waals surface area contributed by atoms with Gasteiger partial charge in [-0.15, -0.1) is 0 Å². The molecule has 2 aliphatic rings. The molecule has 1 aromatic carbocycles. The van der Waals surface area contributed by atoms with Crippen LogP contribution in [-0.2, 0) is 9.59 Å². The molecular formula is C21H30N2O3. The lowest BCUT2D eigenvalue weighted by molar-refractivity contribution is -0.134. The summed E-state index contributed by atoms with van der Waals surface area (Å²) in [6.45, 7) is 3.88. The SMILES string of the molecule is Cc1cccc(OCCCN(C)C(=O)[C@@H]2CC(=O)N(C3CCCC3)C2)c1. The molecule has 0 radical (unpaired) electrons. The summed E-state index contributed by atoms with van der Waals surface area (Å²) in [7, 11) is 1.83. The summed E-state index contributed by atoms with van der Waals surface area (Å²) in [4.78, 5) is 28.7. The van der Waals surface area contributed by atoms with E-state index in [1.807, 2.05) is 43.1 Å². The Kier molecular flexibility index (Phi) is 6.17. The van der Waals surface area contributed by atoms with Crippen molar-refractivity contribution in [1.82, 2.24) is 9.80 Å². The topological polar surface area (TPSA) is 49.9 Å². The van der Waals surface area contributed by atoms with Crippen LogP contribution in [-0.4, -0.2) is 54.4 Å². The first-order chi connectivity index (χ1) is 12.5. The standard InChI is InChI=1S/C21H30N2O3/c1-16-7-5-10-19(13-16)26-12-6-11-22(2)21(25)17-14-20(24)23(15-17)18-8-3-4-9-18/h5,7,10,13,17-18H,3-4,6,8-9,11-12,14-15H2,1-2H3/t17-/m1/s1. The Labute approximate surface area is 156 Å². The molecule has 0 aromatic heterocycles. The number of hydrogen-bond acceptors (Lipinski definition) is 3. The number of aryl methyl sites for hydroxylation is 1. The zero-order valence-corrected chi connectivity index (χ0v) is 15.9. The molecular weight excluding hydrogens is 328 g/mol. The quantitative estimate of drug-likeness (QED) is 0.704. The van der Waals surface area contributed by atoms with Crippen molar-refractivity contribution in [1.29, 1.82) is 0 Å². The van der Waals surface area contributed by atoms with Gasteiger partial charge in [0.1, 0.15) is 5.75 Å². The van der Waals surface area contributed by atoms with Gasteiger partial charge in [0.2, 0.25) is 11.8 Å².